The largest absolute Gasteiger partial charge is 0.322 e. The van der Waals surface area contributed by atoms with Crippen molar-refractivity contribution >= 4 is 23.4 Å². The predicted molar refractivity (Wildman–Crippen MR) is 77.0 cm³/mol. The summed E-state index contributed by atoms with van der Waals surface area (Å²) >= 11 is 1.09. The topological polar surface area (TPSA) is 52.9 Å². The van der Waals surface area contributed by atoms with E-state index >= 15 is 0 Å². The Labute approximate surface area is 116 Å². The SMILES string of the molecule is Cc1cccc(C(=O)Nc2ccc(SC#N)cc2)c1. The molecular weight excluding hydrogens is 256 g/mol. The molecule has 19 heavy (non-hydrogen) atoms. The molecule has 94 valence electrons. The van der Waals surface area contributed by atoms with Crippen LogP contribution in [0.4, 0.5) is 5.69 Å². The highest BCUT2D eigenvalue weighted by molar-refractivity contribution is 8.03. The number of amides is 1. The van der Waals surface area contributed by atoms with Crippen LogP contribution in [-0.4, -0.2) is 5.91 Å². The molecule has 0 bridgehead atoms. The zero-order chi connectivity index (χ0) is 13.7. The van der Waals surface area contributed by atoms with Gasteiger partial charge < -0.3 is 5.32 Å². The van der Waals surface area contributed by atoms with E-state index in [4.69, 9.17) is 5.26 Å². The van der Waals surface area contributed by atoms with Crippen LogP contribution in [0.3, 0.4) is 0 Å². The van der Waals surface area contributed by atoms with E-state index in [0.29, 0.717) is 11.3 Å². The molecule has 0 aliphatic heterocycles. The molecule has 0 unspecified atom stereocenters. The third kappa shape index (κ3) is 3.60. The van der Waals surface area contributed by atoms with Gasteiger partial charge in [0.05, 0.1) is 0 Å². The molecule has 0 spiro atoms. The van der Waals surface area contributed by atoms with E-state index in [1.807, 2.05) is 30.5 Å². The van der Waals surface area contributed by atoms with Crippen LogP contribution in [0.1, 0.15) is 15.9 Å². The summed E-state index contributed by atoms with van der Waals surface area (Å²) in [6.07, 6.45) is 0. The first kappa shape index (κ1) is 13.2. The number of nitriles is 1. The van der Waals surface area contributed by atoms with E-state index in [0.717, 1.165) is 22.2 Å². The zero-order valence-corrected chi connectivity index (χ0v) is 11.2. The smallest absolute Gasteiger partial charge is 0.255 e. The van der Waals surface area contributed by atoms with Crippen molar-refractivity contribution in [2.45, 2.75) is 11.8 Å². The van der Waals surface area contributed by atoms with Gasteiger partial charge in [-0.05, 0) is 55.1 Å². The first-order chi connectivity index (χ1) is 9.19. The Balaban J connectivity index is 2.09. The average Bonchev–Trinajstić information content (AvgIpc) is 2.41. The van der Waals surface area contributed by atoms with Gasteiger partial charge in [0.2, 0.25) is 0 Å². The molecule has 3 nitrogen and oxygen atoms in total. The number of anilines is 1. The fourth-order valence-electron chi connectivity index (χ4n) is 1.65. The maximum absolute atomic E-state index is 12.0. The number of rotatable bonds is 3. The summed E-state index contributed by atoms with van der Waals surface area (Å²) in [6.45, 7) is 1.95. The Morgan fingerprint density at radius 2 is 1.95 bits per heavy atom. The van der Waals surface area contributed by atoms with Crippen LogP contribution >= 0.6 is 11.8 Å². The molecule has 0 atom stereocenters. The molecule has 1 amide bonds. The quantitative estimate of drug-likeness (QED) is 0.680. The highest BCUT2D eigenvalue weighted by Gasteiger charge is 2.05. The summed E-state index contributed by atoms with van der Waals surface area (Å²) in [7, 11) is 0. The third-order valence-corrected chi connectivity index (χ3v) is 3.16. The second-order valence-electron chi connectivity index (χ2n) is 4.04. The van der Waals surface area contributed by atoms with Crippen LogP contribution in [0.2, 0.25) is 0 Å². The fraction of sp³-hybridized carbons (Fsp3) is 0.0667. The van der Waals surface area contributed by atoms with E-state index < -0.39 is 0 Å². The van der Waals surface area contributed by atoms with E-state index in [1.165, 1.54) is 0 Å². The Hall–Kier alpha value is -2.25. The van der Waals surface area contributed by atoms with E-state index in [2.05, 4.69) is 5.32 Å². The molecule has 0 saturated carbocycles. The second kappa shape index (κ2) is 6.07. The van der Waals surface area contributed by atoms with E-state index in [-0.39, 0.29) is 5.91 Å². The minimum absolute atomic E-state index is 0.135. The Bertz CT molecular complexity index is 629. The molecule has 1 N–H and O–H groups in total. The lowest BCUT2D eigenvalue weighted by molar-refractivity contribution is 0.102. The van der Waals surface area contributed by atoms with Gasteiger partial charge in [-0.15, -0.1) is 0 Å². The monoisotopic (exact) mass is 268 g/mol. The van der Waals surface area contributed by atoms with Crippen molar-refractivity contribution in [3.8, 4) is 5.40 Å². The summed E-state index contributed by atoms with van der Waals surface area (Å²) in [5.41, 5.74) is 2.40. The number of nitrogens with one attached hydrogen (secondary N) is 1. The number of thioether (sulfide) groups is 1. The second-order valence-corrected chi connectivity index (χ2v) is 4.90. The molecule has 2 aromatic rings. The number of hydrogen-bond donors (Lipinski definition) is 1. The first-order valence-electron chi connectivity index (χ1n) is 5.73. The number of carbonyl (C=O) groups is 1. The van der Waals surface area contributed by atoms with Crippen molar-refractivity contribution in [2.24, 2.45) is 0 Å². The maximum Gasteiger partial charge on any atom is 0.255 e. The number of thiocyanates is 1. The Kier molecular flexibility index (Phi) is 4.22. The number of hydrogen-bond acceptors (Lipinski definition) is 3. The van der Waals surface area contributed by atoms with Crippen molar-refractivity contribution < 1.29 is 4.79 Å². The summed E-state index contributed by atoms with van der Waals surface area (Å²) < 4.78 is 0. The van der Waals surface area contributed by atoms with Gasteiger partial charge in [-0.3, -0.25) is 4.79 Å². The van der Waals surface area contributed by atoms with Gasteiger partial charge in [0.25, 0.3) is 5.91 Å². The lowest BCUT2D eigenvalue weighted by Crippen LogP contribution is -2.11. The summed E-state index contributed by atoms with van der Waals surface area (Å²) in [4.78, 5) is 12.9. The molecule has 0 saturated heterocycles. The van der Waals surface area contributed by atoms with Crippen molar-refractivity contribution in [3.05, 3.63) is 59.7 Å². The summed E-state index contributed by atoms with van der Waals surface area (Å²) in [5, 5.41) is 13.4. The highest BCUT2D eigenvalue weighted by Crippen LogP contribution is 2.19. The average molecular weight is 268 g/mol. The standard InChI is InChI=1S/C15H12N2OS/c1-11-3-2-4-12(9-11)15(18)17-13-5-7-14(8-6-13)19-10-16/h2-9H,1H3,(H,17,18). The number of carbonyl (C=O) groups excluding carboxylic acids is 1. The molecule has 2 aromatic carbocycles. The normalized spacial score (nSPS) is 9.68. The van der Waals surface area contributed by atoms with Crippen LogP contribution in [0.15, 0.2) is 53.4 Å². The lowest BCUT2D eigenvalue weighted by Gasteiger charge is -2.06. The first-order valence-corrected chi connectivity index (χ1v) is 6.55. The van der Waals surface area contributed by atoms with E-state index in [9.17, 15) is 4.79 Å². The number of aryl methyl sites for hydroxylation is 1. The molecule has 0 heterocycles. The van der Waals surface area contributed by atoms with Crippen LogP contribution in [0, 0.1) is 17.6 Å². The fourth-order valence-corrected chi connectivity index (χ4v) is 2.03. The van der Waals surface area contributed by atoms with Gasteiger partial charge >= 0.3 is 0 Å². The van der Waals surface area contributed by atoms with Crippen LogP contribution in [0.5, 0.6) is 0 Å². The van der Waals surface area contributed by atoms with Crippen molar-refractivity contribution in [3.63, 3.8) is 0 Å². The molecule has 2 rings (SSSR count). The van der Waals surface area contributed by atoms with Gasteiger partial charge in [-0.1, -0.05) is 17.7 Å². The third-order valence-electron chi connectivity index (χ3n) is 2.56. The van der Waals surface area contributed by atoms with Gasteiger partial charge in [0.1, 0.15) is 5.40 Å². The van der Waals surface area contributed by atoms with Gasteiger partial charge in [0, 0.05) is 16.1 Å². The molecule has 0 aliphatic carbocycles. The molecule has 0 fully saturated rings. The van der Waals surface area contributed by atoms with Crippen LogP contribution in [-0.2, 0) is 0 Å². The van der Waals surface area contributed by atoms with E-state index in [1.54, 1.807) is 30.3 Å². The Morgan fingerprint density at radius 1 is 1.21 bits per heavy atom. The van der Waals surface area contributed by atoms with Crippen molar-refractivity contribution in [1.82, 2.24) is 0 Å². The minimum atomic E-state index is -0.135. The van der Waals surface area contributed by atoms with Gasteiger partial charge in [0.15, 0.2) is 0 Å². The molecule has 0 aromatic heterocycles. The summed E-state index contributed by atoms with van der Waals surface area (Å²) in [6, 6.07) is 14.6. The van der Waals surface area contributed by atoms with Crippen molar-refractivity contribution in [1.29, 1.82) is 5.26 Å². The molecule has 0 radical (unpaired) electrons. The van der Waals surface area contributed by atoms with Crippen LogP contribution < -0.4 is 5.32 Å². The number of nitrogens with zero attached hydrogens (tertiary/aromatic N) is 1. The van der Waals surface area contributed by atoms with Gasteiger partial charge in [-0.25, -0.2) is 0 Å². The summed E-state index contributed by atoms with van der Waals surface area (Å²) in [5.74, 6) is -0.135. The Morgan fingerprint density at radius 3 is 2.58 bits per heavy atom. The molecule has 0 aliphatic rings. The zero-order valence-electron chi connectivity index (χ0n) is 10.4. The van der Waals surface area contributed by atoms with Crippen molar-refractivity contribution in [2.75, 3.05) is 5.32 Å². The van der Waals surface area contributed by atoms with Gasteiger partial charge in [-0.2, -0.15) is 5.26 Å². The number of benzene rings is 2. The molecular formula is C15H12N2OS. The highest BCUT2D eigenvalue weighted by atomic mass is 32.2. The maximum atomic E-state index is 12.0. The lowest BCUT2D eigenvalue weighted by atomic mass is 10.1. The predicted octanol–water partition coefficient (Wildman–Crippen LogP) is 3.82. The molecule has 4 heteroatoms. The minimum Gasteiger partial charge on any atom is -0.322 e. The van der Waals surface area contributed by atoms with Crippen LogP contribution in [0.25, 0.3) is 0 Å².